The van der Waals surface area contributed by atoms with E-state index in [0.29, 0.717) is 13.0 Å². The minimum absolute atomic E-state index is 0.0286. The molecule has 0 unspecified atom stereocenters. The number of hydrogen-bond donors (Lipinski definition) is 1. The molecule has 2 atom stereocenters. The molecule has 0 saturated carbocycles. The van der Waals surface area contributed by atoms with E-state index < -0.39 is 29.7 Å². The largest absolute Gasteiger partial charge is 0.497 e. The van der Waals surface area contributed by atoms with E-state index in [1.807, 2.05) is 78.9 Å². The molecule has 1 N–H and O–H groups in total. The molecule has 200 valence electrons. The third-order valence-electron chi connectivity index (χ3n) is 6.60. The van der Waals surface area contributed by atoms with Crippen molar-refractivity contribution in [2.45, 2.75) is 37.1 Å². The average molecular weight is 521 g/mol. The average Bonchev–Trinajstić information content (AvgIpc) is 3.41. The minimum Gasteiger partial charge on any atom is -0.497 e. The minimum atomic E-state index is -1.05. The van der Waals surface area contributed by atoms with Crippen LogP contribution < -0.4 is 9.47 Å². The summed E-state index contributed by atoms with van der Waals surface area (Å²) in [6.45, 7) is 0.414. The van der Waals surface area contributed by atoms with E-state index >= 15 is 0 Å². The second kappa shape index (κ2) is 12.6. The Kier molecular flexibility index (Phi) is 8.99. The first kappa shape index (κ1) is 27.2. The van der Waals surface area contributed by atoms with Gasteiger partial charge in [-0.25, -0.2) is 0 Å². The zero-order valence-corrected chi connectivity index (χ0v) is 21.5. The summed E-state index contributed by atoms with van der Waals surface area (Å²) in [7, 11) is 3.25. The van der Waals surface area contributed by atoms with Crippen molar-refractivity contribution >= 4 is 11.9 Å². The summed E-state index contributed by atoms with van der Waals surface area (Å²) in [5.41, 5.74) is 1.67. The van der Waals surface area contributed by atoms with Crippen molar-refractivity contribution in [1.82, 2.24) is 0 Å². The van der Waals surface area contributed by atoms with Crippen molar-refractivity contribution in [3.8, 4) is 11.5 Å². The fraction of sp³-hybridized carbons (Fsp3) is 0.333. The quantitative estimate of drug-likeness (QED) is 0.274. The molecule has 8 nitrogen and oxygen atoms in total. The molecule has 1 aliphatic rings. The van der Waals surface area contributed by atoms with Gasteiger partial charge in [-0.05, 0) is 47.4 Å². The van der Waals surface area contributed by atoms with Gasteiger partial charge in [0.15, 0.2) is 0 Å². The maximum Gasteiger partial charge on any atom is 0.306 e. The Bertz CT molecular complexity index is 1140. The normalized spacial score (nSPS) is 17.1. The fourth-order valence-electron chi connectivity index (χ4n) is 4.63. The molecular formula is C30H32O8. The number of hydrogen-bond acceptors (Lipinski definition) is 7. The van der Waals surface area contributed by atoms with Gasteiger partial charge in [-0.15, -0.1) is 0 Å². The molecule has 0 spiro atoms. The molecule has 0 aliphatic carbocycles. The van der Waals surface area contributed by atoms with Crippen LogP contribution in [0, 0.1) is 0 Å². The van der Waals surface area contributed by atoms with E-state index in [-0.39, 0.29) is 19.4 Å². The molecule has 0 amide bonds. The first-order chi connectivity index (χ1) is 18.5. The molecule has 0 bridgehead atoms. The lowest BCUT2D eigenvalue weighted by molar-refractivity contribution is -0.153. The molecule has 1 fully saturated rings. The Hall–Kier alpha value is -3.88. The predicted octanol–water partition coefficient (Wildman–Crippen LogP) is 4.58. The maximum atomic E-state index is 12.1. The van der Waals surface area contributed by atoms with Crippen molar-refractivity contribution < 1.29 is 38.4 Å². The van der Waals surface area contributed by atoms with Crippen LogP contribution in [-0.4, -0.2) is 56.7 Å². The Labute approximate surface area is 222 Å². The molecule has 1 heterocycles. The molecule has 38 heavy (non-hydrogen) atoms. The molecule has 3 aromatic rings. The zero-order chi connectivity index (χ0) is 27.0. The van der Waals surface area contributed by atoms with Gasteiger partial charge in [0, 0.05) is 6.61 Å². The van der Waals surface area contributed by atoms with Crippen LogP contribution in [0.1, 0.15) is 36.0 Å². The lowest BCUT2D eigenvalue weighted by Gasteiger charge is -2.39. The van der Waals surface area contributed by atoms with Crippen molar-refractivity contribution in [2.24, 2.45) is 0 Å². The number of aliphatic carboxylic acids is 1. The number of esters is 1. The van der Waals surface area contributed by atoms with Crippen LogP contribution in [0.3, 0.4) is 0 Å². The van der Waals surface area contributed by atoms with Gasteiger partial charge in [-0.3, -0.25) is 9.59 Å². The maximum absolute atomic E-state index is 12.1. The van der Waals surface area contributed by atoms with Crippen LogP contribution in [0.4, 0.5) is 0 Å². The third-order valence-corrected chi connectivity index (χ3v) is 6.60. The van der Waals surface area contributed by atoms with Crippen LogP contribution >= 0.6 is 0 Å². The summed E-state index contributed by atoms with van der Waals surface area (Å²) in [6, 6.07) is 25.4. The predicted molar refractivity (Wildman–Crippen MR) is 139 cm³/mol. The van der Waals surface area contributed by atoms with Gasteiger partial charge in [-0.2, -0.15) is 0 Å². The Morgan fingerprint density at radius 2 is 1.39 bits per heavy atom. The molecular weight excluding hydrogens is 488 g/mol. The van der Waals surface area contributed by atoms with Gasteiger partial charge < -0.3 is 28.8 Å². The summed E-state index contributed by atoms with van der Waals surface area (Å²) in [5, 5.41) is 8.83. The number of carboxylic acid groups (broad SMARTS) is 1. The van der Waals surface area contributed by atoms with Crippen LogP contribution in [0.2, 0.25) is 0 Å². The van der Waals surface area contributed by atoms with Gasteiger partial charge in [0.25, 0.3) is 0 Å². The van der Waals surface area contributed by atoms with E-state index in [0.717, 1.165) is 28.2 Å². The van der Waals surface area contributed by atoms with E-state index in [9.17, 15) is 9.59 Å². The van der Waals surface area contributed by atoms with Gasteiger partial charge in [0.1, 0.15) is 29.8 Å². The monoisotopic (exact) mass is 520 g/mol. The number of carbonyl (C=O) groups excluding carboxylic acids is 1. The Morgan fingerprint density at radius 3 is 1.92 bits per heavy atom. The molecule has 0 radical (unpaired) electrons. The molecule has 3 aromatic carbocycles. The lowest BCUT2D eigenvalue weighted by atomic mass is 9.79. The summed E-state index contributed by atoms with van der Waals surface area (Å²) >= 11 is 0. The lowest BCUT2D eigenvalue weighted by Crippen LogP contribution is -2.41. The summed E-state index contributed by atoms with van der Waals surface area (Å²) in [4.78, 5) is 22.9. The number of carbonyl (C=O) groups is 2. The highest BCUT2D eigenvalue weighted by Gasteiger charge is 2.43. The highest BCUT2D eigenvalue weighted by Crippen LogP contribution is 2.44. The summed E-state index contributed by atoms with van der Waals surface area (Å²) < 4.78 is 29.1. The highest BCUT2D eigenvalue weighted by molar-refractivity contribution is 5.76. The highest BCUT2D eigenvalue weighted by atomic mass is 16.6. The van der Waals surface area contributed by atoms with Crippen molar-refractivity contribution in [2.75, 3.05) is 27.4 Å². The third kappa shape index (κ3) is 6.15. The molecule has 4 rings (SSSR count). The van der Waals surface area contributed by atoms with E-state index in [4.69, 9.17) is 28.8 Å². The van der Waals surface area contributed by atoms with Gasteiger partial charge in [0.05, 0.1) is 33.2 Å². The Balaban J connectivity index is 1.72. The standard InChI is InChI=1S/C30H32O8/c1-34-24-12-8-22(9-13-24)30(21-6-4-3-5-7-21,23-10-14-25(35-2)15-11-23)38-26-18-19-36-27(26)20-37-29(33)17-16-28(31)32/h3-15,26-27H,16-20H2,1-2H3,(H,31,32)/t26-,27+/m0/s1. The van der Waals surface area contributed by atoms with Crippen molar-refractivity contribution in [1.29, 1.82) is 0 Å². The zero-order valence-electron chi connectivity index (χ0n) is 21.5. The number of carboxylic acids is 1. The van der Waals surface area contributed by atoms with Crippen molar-refractivity contribution in [3.63, 3.8) is 0 Å². The van der Waals surface area contributed by atoms with Gasteiger partial charge >= 0.3 is 11.9 Å². The fourth-order valence-corrected chi connectivity index (χ4v) is 4.63. The first-order valence-corrected chi connectivity index (χ1v) is 12.5. The van der Waals surface area contributed by atoms with Crippen LogP contribution in [0.5, 0.6) is 11.5 Å². The van der Waals surface area contributed by atoms with E-state index in [1.54, 1.807) is 14.2 Å². The van der Waals surface area contributed by atoms with E-state index in [1.165, 1.54) is 0 Å². The van der Waals surface area contributed by atoms with Gasteiger partial charge in [0.2, 0.25) is 0 Å². The second-order valence-electron chi connectivity index (χ2n) is 8.94. The SMILES string of the molecule is COc1ccc(C(O[C@H]2CCO[C@@H]2COC(=O)CCC(=O)O)(c2ccccc2)c2ccc(OC)cc2)cc1. The summed E-state index contributed by atoms with van der Waals surface area (Å²) in [6.07, 6.45) is -0.802. The van der Waals surface area contributed by atoms with Crippen LogP contribution in [0.25, 0.3) is 0 Å². The molecule has 1 saturated heterocycles. The number of benzene rings is 3. The number of methoxy groups -OCH3 is 2. The smallest absolute Gasteiger partial charge is 0.306 e. The Morgan fingerprint density at radius 1 is 0.842 bits per heavy atom. The molecule has 1 aliphatic heterocycles. The topological polar surface area (TPSA) is 101 Å². The molecule has 0 aromatic heterocycles. The van der Waals surface area contributed by atoms with Gasteiger partial charge in [-0.1, -0.05) is 54.6 Å². The van der Waals surface area contributed by atoms with Crippen LogP contribution in [0.15, 0.2) is 78.9 Å². The number of rotatable bonds is 12. The summed E-state index contributed by atoms with van der Waals surface area (Å²) in [5.74, 6) is -0.185. The first-order valence-electron chi connectivity index (χ1n) is 12.5. The van der Waals surface area contributed by atoms with E-state index in [2.05, 4.69) is 0 Å². The van der Waals surface area contributed by atoms with Crippen molar-refractivity contribution in [3.05, 3.63) is 95.6 Å². The number of ether oxygens (including phenoxy) is 5. The second-order valence-corrected chi connectivity index (χ2v) is 8.94. The molecule has 8 heteroatoms. The van der Waals surface area contributed by atoms with Crippen LogP contribution in [-0.2, 0) is 29.4 Å².